The normalized spacial score (nSPS) is 23.0. The van der Waals surface area contributed by atoms with Crippen LogP contribution < -0.4 is 10.6 Å². The molecule has 1 aliphatic carbocycles. The summed E-state index contributed by atoms with van der Waals surface area (Å²) in [6, 6.07) is 7.23. The van der Waals surface area contributed by atoms with Crippen LogP contribution in [0.4, 0.5) is 5.82 Å². The van der Waals surface area contributed by atoms with Crippen LogP contribution in [-0.4, -0.2) is 24.2 Å². The van der Waals surface area contributed by atoms with E-state index in [2.05, 4.69) is 34.7 Å². The van der Waals surface area contributed by atoms with Gasteiger partial charge < -0.3 is 15.2 Å². The molecule has 4 heterocycles. The minimum Gasteiger partial charge on any atom is -0.358 e. The van der Waals surface area contributed by atoms with Gasteiger partial charge in [-0.3, -0.25) is 0 Å². The number of aromatic nitrogens is 1. The maximum Gasteiger partial charge on any atom is 0.112 e. The van der Waals surface area contributed by atoms with Crippen molar-refractivity contribution in [2.75, 3.05) is 24.5 Å². The number of anilines is 1. The molecule has 1 aromatic heterocycles. The molecule has 3 nitrogen and oxygen atoms in total. The molecule has 0 unspecified atom stereocenters. The summed E-state index contributed by atoms with van der Waals surface area (Å²) in [6.07, 6.45) is 7.85. The summed E-state index contributed by atoms with van der Waals surface area (Å²) < 4.78 is 2.43. The van der Waals surface area contributed by atoms with Crippen molar-refractivity contribution in [1.82, 2.24) is 4.57 Å². The Bertz CT molecular complexity index is 759. The van der Waals surface area contributed by atoms with Gasteiger partial charge in [-0.1, -0.05) is 18.9 Å². The first-order valence-electron chi connectivity index (χ1n) is 9.31. The minimum absolute atomic E-state index is 0.241. The number of hydrogen-bond donors (Lipinski definition) is 1. The number of rotatable bonds is 2. The third kappa shape index (κ3) is 1.74. The zero-order valence-corrected chi connectivity index (χ0v) is 14.1. The van der Waals surface area contributed by atoms with Crippen LogP contribution in [0, 0.1) is 0 Å². The lowest BCUT2D eigenvalue weighted by Crippen LogP contribution is -2.39. The van der Waals surface area contributed by atoms with Crippen molar-refractivity contribution in [3.05, 3.63) is 29.3 Å². The van der Waals surface area contributed by atoms with Gasteiger partial charge in [0.15, 0.2) is 0 Å². The van der Waals surface area contributed by atoms with E-state index in [-0.39, 0.29) is 5.41 Å². The van der Waals surface area contributed by atoms with Crippen molar-refractivity contribution in [2.24, 2.45) is 12.8 Å². The number of aryl methyl sites for hydroxylation is 1. The van der Waals surface area contributed by atoms with Crippen LogP contribution >= 0.6 is 0 Å². The van der Waals surface area contributed by atoms with E-state index in [1.54, 1.807) is 5.56 Å². The Morgan fingerprint density at radius 3 is 2.61 bits per heavy atom. The third-order valence-corrected chi connectivity index (χ3v) is 6.97. The van der Waals surface area contributed by atoms with Crippen LogP contribution in [0.15, 0.2) is 18.2 Å². The van der Waals surface area contributed by atoms with Crippen LogP contribution in [0.2, 0.25) is 0 Å². The Kier molecular flexibility index (Phi) is 2.88. The van der Waals surface area contributed by atoms with Crippen LogP contribution in [0.25, 0.3) is 10.9 Å². The summed E-state index contributed by atoms with van der Waals surface area (Å²) in [4.78, 5) is 2.60. The molecule has 2 fully saturated rings. The molecule has 3 aliphatic heterocycles. The molecular weight excluding hydrogens is 282 g/mol. The molecular formula is C20H27N3. The number of benzene rings is 1. The summed E-state index contributed by atoms with van der Waals surface area (Å²) in [5.74, 6) is 2.26. The van der Waals surface area contributed by atoms with E-state index in [1.165, 1.54) is 73.9 Å². The summed E-state index contributed by atoms with van der Waals surface area (Å²) in [7, 11) is 2.25. The van der Waals surface area contributed by atoms with Crippen molar-refractivity contribution < 1.29 is 0 Å². The first-order chi connectivity index (χ1) is 11.2. The predicted octanol–water partition coefficient (Wildman–Crippen LogP) is 3.65. The highest BCUT2D eigenvalue weighted by atomic mass is 15.3. The quantitative estimate of drug-likeness (QED) is 0.919. The topological polar surface area (TPSA) is 34.2 Å². The van der Waals surface area contributed by atoms with Crippen LogP contribution in [-0.2, 0) is 12.5 Å². The van der Waals surface area contributed by atoms with Gasteiger partial charge in [-0.25, -0.2) is 0 Å². The average Bonchev–Trinajstić information content (AvgIpc) is 3.21. The van der Waals surface area contributed by atoms with Gasteiger partial charge >= 0.3 is 0 Å². The third-order valence-electron chi connectivity index (χ3n) is 6.97. The lowest BCUT2D eigenvalue weighted by Gasteiger charge is -2.41. The Balaban J connectivity index is 1.74. The van der Waals surface area contributed by atoms with Crippen LogP contribution in [0.3, 0.4) is 0 Å². The average molecular weight is 309 g/mol. The number of nitrogens with two attached hydrogens (primary N) is 1. The molecule has 4 aliphatic rings. The first-order valence-corrected chi connectivity index (χ1v) is 9.31. The molecule has 0 spiro atoms. The molecule has 2 aromatic rings. The van der Waals surface area contributed by atoms with Gasteiger partial charge in [0, 0.05) is 48.6 Å². The maximum atomic E-state index is 6.23. The molecule has 1 aromatic carbocycles. The fourth-order valence-corrected chi connectivity index (χ4v) is 5.62. The lowest BCUT2D eigenvalue weighted by molar-refractivity contribution is 0.453. The highest BCUT2D eigenvalue weighted by Gasteiger charge is 2.38. The molecule has 2 bridgehead atoms. The predicted molar refractivity (Wildman–Crippen MR) is 96.3 cm³/mol. The standard InChI is InChI=1S/C20H27N3/c1-22-17-5-4-15(20(13-21)8-2-3-9-20)12-16(17)18-14-6-10-23(11-7-14)19(18)22/h4-5,12,14H,2-3,6-11,13,21H2,1H3. The van der Waals surface area contributed by atoms with Crippen molar-refractivity contribution in [3.8, 4) is 0 Å². The highest BCUT2D eigenvalue weighted by Crippen LogP contribution is 2.49. The fourth-order valence-electron chi connectivity index (χ4n) is 5.62. The van der Waals surface area contributed by atoms with Crippen LogP contribution in [0.5, 0.6) is 0 Å². The largest absolute Gasteiger partial charge is 0.358 e. The Morgan fingerprint density at radius 2 is 1.91 bits per heavy atom. The van der Waals surface area contributed by atoms with E-state index < -0.39 is 0 Å². The molecule has 0 radical (unpaired) electrons. The number of piperidine rings is 1. The van der Waals surface area contributed by atoms with E-state index in [0.717, 1.165) is 12.5 Å². The minimum atomic E-state index is 0.241. The molecule has 1 saturated carbocycles. The Labute approximate surface area is 138 Å². The zero-order valence-electron chi connectivity index (χ0n) is 14.1. The van der Waals surface area contributed by atoms with Crippen molar-refractivity contribution >= 4 is 16.7 Å². The second kappa shape index (κ2) is 4.76. The monoisotopic (exact) mass is 309 g/mol. The molecule has 122 valence electrons. The Morgan fingerprint density at radius 1 is 1.17 bits per heavy atom. The second-order valence-electron chi connectivity index (χ2n) is 7.98. The SMILES string of the molecule is Cn1c2c(c3cc(C4(CN)CCCC4)ccc31)C1CCN2CC1. The molecule has 1 saturated heterocycles. The highest BCUT2D eigenvalue weighted by molar-refractivity contribution is 5.92. The van der Waals surface area contributed by atoms with Crippen LogP contribution in [0.1, 0.15) is 55.6 Å². The van der Waals surface area contributed by atoms with E-state index in [1.807, 2.05) is 0 Å². The van der Waals surface area contributed by atoms with Gasteiger partial charge in [-0.05, 0) is 49.3 Å². The maximum absolute atomic E-state index is 6.23. The second-order valence-corrected chi connectivity index (χ2v) is 7.98. The smallest absolute Gasteiger partial charge is 0.112 e. The summed E-state index contributed by atoms with van der Waals surface area (Å²) in [5, 5.41) is 1.51. The number of hydrogen-bond acceptors (Lipinski definition) is 2. The lowest BCUT2D eigenvalue weighted by atomic mass is 9.77. The van der Waals surface area contributed by atoms with E-state index >= 15 is 0 Å². The van der Waals surface area contributed by atoms with Gasteiger partial charge in [-0.15, -0.1) is 0 Å². The molecule has 0 amide bonds. The van der Waals surface area contributed by atoms with Gasteiger partial charge in [0.05, 0.1) is 0 Å². The van der Waals surface area contributed by atoms with E-state index in [0.29, 0.717) is 0 Å². The number of fused-ring (bicyclic) bond motifs is 3. The number of nitrogens with zero attached hydrogens (tertiary/aromatic N) is 2. The zero-order chi connectivity index (χ0) is 15.6. The first kappa shape index (κ1) is 13.9. The van der Waals surface area contributed by atoms with Crippen molar-refractivity contribution in [3.63, 3.8) is 0 Å². The van der Waals surface area contributed by atoms with E-state index in [9.17, 15) is 0 Å². The fraction of sp³-hybridized carbons (Fsp3) is 0.600. The van der Waals surface area contributed by atoms with Gasteiger partial charge in [0.1, 0.15) is 5.82 Å². The van der Waals surface area contributed by atoms with Crippen molar-refractivity contribution in [2.45, 2.75) is 49.9 Å². The van der Waals surface area contributed by atoms with Gasteiger partial charge in [-0.2, -0.15) is 0 Å². The summed E-state index contributed by atoms with van der Waals surface area (Å²) in [6.45, 7) is 3.27. The Hall–Kier alpha value is -1.48. The van der Waals surface area contributed by atoms with E-state index in [4.69, 9.17) is 5.73 Å². The summed E-state index contributed by atoms with van der Waals surface area (Å²) >= 11 is 0. The molecule has 23 heavy (non-hydrogen) atoms. The summed E-state index contributed by atoms with van der Waals surface area (Å²) in [5.41, 5.74) is 11.0. The van der Waals surface area contributed by atoms with Crippen molar-refractivity contribution in [1.29, 1.82) is 0 Å². The molecule has 2 N–H and O–H groups in total. The molecule has 0 atom stereocenters. The molecule has 3 heteroatoms. The molecule has 6 rings (SSSR count). The van der Waals surface area contributed by atoms with Gasteiger partial charge in [0.2, 0.25) is 0 Å². The van der Waals surface area contributed by atoms with Gasteiger partial charge in [0.25, 0.3) is 0 Å².